The van der Waals surface area contributed by atoms with Crippen LogP contribution in [0, 0.1) is 24.4 Å². The number of anilines is 2. The van der Waals surface area contributed by atoms with Crippen LogP contribution in [0.2, 0.25) is 5.02 Å². The maximum Gasteiger partial charge on any atom is 0.490 e. The SMILES string of the molecule is Cc1c(NCc2c(Cl)ccc(F)c2CN2CCC2)cc(F)c(S(=O)(=O)Nc2cscn2)c1F.O=C(O)C(F)(F)F. The summed E-state index contributed by atoms with van der Waals surface area (Å²) in [6.45, 7) is 3.43. The second kappa shape index (κ2) is 12.6. The molecule has 1 fully saturated rings. The van der Waals surface area contributed by atoms with Crippen molar-refractivity contribution in [3.05, 3.63) is 68.3 Å². The van der Waals surface area contributed by atoms with Gasteiger partial charge >= 0.3 is 12.1 Å². The van der Waals surface area contributed by atoms with Gasteiger partial charge in [0, 0.05) is 40.3 Å². The highest BCUT2D eigenvalue weighted by Crippen LogP contribution is 2.31. The predicted molar refractivity (Wildman–Crippen MR) is 136 cm³/mol. The Kier molecular flexibility index (Phi) is 9.92. The molecule has 0 amide bonds. The molecule has 0 radical (unpaired) electrons. The molecule has 2 heterocycles. The molecule has 0 unspecified atom stereocenters. The Morgan fingerprint density at radius 1 is 1.18 bits per heavy atom. The molecule has 0 aliphatic carbocycles. The van der Waals surface area contributed by atoms with Crippen LogP contribution in [0.3, 0.4) is 0 Å². The fourth-order valence-electron chi connectivity index (χ4n) is 3.52. The smallest absolute Gasteiger partial charge is 0.475 e. The summed E-state index contributed by atoms with van der Waals surface area (Å²) in [6.07, 6.45) is -4.04. The zero-order chi connectivity index (χ0) is 29.8. The average molecular weight is 631 g/mol. The molecule has 1 aliphatic rings. The second-order valence-electron chi connectivity index (χ2n) is 8.43. The van der Waals surface area contributed by atoms with E-state index in [-0.39, 0.29) is 23.6 Å². The van der Waals surface area contributed by atoms with Crippen LogP contribution < -0.4 is 10.0 Å². The topological polar surface area (TPSA) is 112 Å². The number of hydrogen-bond donors (Lipinski definition) is 3. The Morgan fingerprint density at radius 2 is 1.82 bits per heavy atom. The van der Waals surface area contributed by atoms with Gasteiger partial charge in [0.2, 0.25) is 0 Å². The molecule has 1 aliphatic heterocycles. The van der Waals surface area contributed by atoms with Crippen LogP contribution in [0.4, 0.5) is 37.8 Å². The summed E-state index contributed by atoms with van der Waals surface area (Å²) in [5.74, 6) is -5.70. The van der Waals surface area contributed by atoms with E-state index in [0.717, 1.165) is 36.9 Å². The van der Waals surface area contributed by atoms with Crippen molar-refractivity contribution in [2.45, 2.75) is 37.5 Å². The Labute approximate surface area is 233 Å². The summed E-state index contributed by atoms with van der Waals surface area (Å²) in [6, 6.07) is 3.62. The van der Waals surface area contributed by atoms with Gasteiger partial charge in [-0.3, -0.25) is 9.62 Å². The lowest BCUT2D eigenvalue weighted by Crippen LogP contribution is -2.37. The largest absolute Gasteiger partial charge is 0.490 e. The van der Waals surface area contributed by atoms with Crippen molar-refractivity contribution in [2.75, 3.05) is 23.1 Å². The van der Waals surface area contributed by atoms with Gasteiger partial charge in [-0.2, -0.15) is 13.2 Å². The van der Waals surface area contributed by atoms with Gasteiger partial charge in [0.25, 0.3) is 10.0 Å². The number of carboxylic acids is 1. The van der Waals surface area contributed by atoms with E-state index in [1.54, 1.807) is 0 Å². The Morgan fingerprint density at radius 3 is 2.35 bits per heavy atom. The van der Waals surface area contributed by atoms with Crippen LogP contribution in [-0.4, -0.2) is 48.6 Å². The Bertz CT molecular complexity index is 1480. The molecule has 0 atom stereocenters. The highest BCUT2D eigenvalue weighted by molar-refractivity contribution is 7.92. The number of sulfonamides is 1. The first kappa shape index (κ1) is 31.4. The van der Waals surface area contributed by atoms with Gasteiger partial charge in [-0.25, -0.2) is 31.4 Å². The monoisotopic (exact) mass is 630 g/mol. The van der Waals surface area contributed by atoms with Crippen molar-refractivity contribution >= 4 is 50.4 Å². The average Bonchev–Trinajstić information content (AvgIpc) is 3.32. The summed E-state index contributed by atoms with van der Waals surface area (Å²) in [5, 5.41) is 11.7. The van der Waals surface area contributed by atoms with E-state index in [2.05, 4.69) is 19.9 Å². The first-order chi connectivity index (χ1) is 18.6. The van der Waals surface area contributed by atoms with Gasteiger partial charge in [0.05, 0.1) is 5.51 Å². The van der Waals surface area contributed by atoms with E-state index in [1.165, 1.54) is 29.9 Å². The number of halogens is 7. The highest BCUT2D eigenvalue weighted by atomic mass is 35.5. The van der Waals surface area contributed by atoms with E-state index >= 15 is 4.39 Å². The number of carbonyl (C=O) groups is 1. The lowest BCUT2D eigenvalue weighted by Gasteiger charge is -2.31. The molecular weight excluding hydrogens is 610 g/mol. The summed E-state index contributed by atoms with van der Waals surface area (Å²) in [5.41, 5.74) is 2.21. The minimum Gasteiger partial charge on any atom is -0.475 e. The second-order valence-corrected chi connectivity index (χ2v) is 11.2. The standard InChI is InChI=1S/C21H20ClF3N4O2S2.C2HF3O2/c1-12-18(7-17(24)21(20(12)25)33(30,31)28-19-10-32-11-27-19)26-8-13-14(9-29-5-2-6-29)16(23)4-3-15(13)22;3-2(4,5)1(6)7/h3-4,7,10-11,26,28H,2,5-6,8-9H2,1H3;(H,6,7). The molecule has 218 valence electrons. The van der Waals surface area contributed by atoms with E-state index in [4.69, 9.17) is 21.5 Å². The number of carboxylic acid groups (broad SMARTS) is 1. The minimum atomic E-state index is -5.08. The molecule has 1 saturated heterocycles. The lowest BCUT2D eigenvalue weighted by atomic mass is 10.0. The summed E-state index contributed by atoms with van der Waals surface area (Å²) < 4.78 is 103. The third-order valence-corrected chi connectivity index (χ3v) is 8.04. The molecule has 8 nitrogen and oxygen atoms in total. The molecule has 3 N–H and O–H groups in total. The van der Waals surface area contributed by atoms with Gasteiger partial charge in [-0.1, -0.05) is 11.6 Å². The molecule has 17 heteroatoms. The maximum absolute atomic E-state index is 15.0. The molecule has 0 spiro atoms. The predicted octanol–water partition coefficient (Wildman–Crippen LogP) is 5.77. The first-order valence-corrected chi connectivity index (χ1v) is 14.0. The van der Waals surface area contributed by atoms with Crippen molar-refractivity contribution in [3.63, 3.8) is 0 Å². The number of benzene rings is 2. The summed E-state index contributed by atoms with van der Waals surface area (Å²) >= 11 is 7.43. The number of alkyl halides is 3. The molecule has 1 aromatic heterocycles. The van der Waals surface area contributed by atoms with Crippen LogP contribution >= 0.6 is 22.9 Å². The lowest BCUT2D eigenvalue weighted by molar-refractivity contribution is -0.192. The van der Waals surface area contributed by atoms with Crippen molar-refractivity contribution in [2.24, 2.45) is 0 Å². The van der Waals surface area contributed by atoms with E-state index in [0.29, 0.717) is 22.7 Å². The van der Waals surface area contributed by atoms with E-state index < -0.39 is 44.5 Å². The molecule has 0 saturated carbocycles. The van der Waals surface area contributed by atoms with Crippen LogP contribution in [0.5, 0.6) is 0 Å². The fourth-order valence-corrected chi connectivity index (χ4v) is 5.52. The van der Waals surface area contributed by atoms with Gasteiger partial charge in [-0.15, -0.1) is 11.3 Å². The number of hydrogen-bond acceptors (Lipinski definition) is 7. The van der Waals surface area contributed by atoms with Gasteiger partial charge in [-0.05, 0) is 50.2 Å². The van der Waals surface area contributed by atoms with E-state index in [9.17, 15) is 30.4 Å². The van der Waals surface area contributed by atoms with Gasteiger partial charge in [0.15, 0.2) is 16.5 Å². The van der Waals surface area contributed by atoms with Crippen LogP contribution in [0.1, 0.15) is 23.1 Å². The maximum atomic E-state index is 15.0. The summed E-state index contributed by atoms with van der Waals surface area (Å²) in [7, 11) is -4.54. The zero-order valence-corrected chi connectivity index (χ0v) is 22.8. The van der Waals surface area contributed by atoms with Crippen molar-refractivity contribution in [3.8, 4) is 0 Å². The van der Waals surface area contributed by atoms with Crippen LogP contribution in [0.15, 0.2) is 34.0 Å². The molecular formula is C23H21ClF6N4O4S2. The molecule has 3 aromatic rings. The number of likely N-dealkylation sites (tertiary alicyclic amines) is 1. The van der Waals surface area contributed by atoms with Crippen LogP contribution in [0.25, 0.3) is 0 Å². The molecule has 40 heavy (non-hydrogen) atoms. The number of nitrogens with zero attached hydrogens (tertiary/aromatic N) is 2. The molecule has 2 aromatic carbocycles. The van der Waals surface area contributed by atoms with E-state index in [1.807, 2.05) is 0 Å². The highest BCUT2D eigenvalue weighted by Gasteiger charge is 2.38. The van der Waals surface area contributed by atoms with Gasteiger partial charge in [0.1, 0.15) is 11.6 Å². The quantitative estimate of drug-likeness (QED) is 0.271. The van der Waals surface area contributed by atoms with Crippen molar-refractivity contribution < 1.29 is 44.7 Å². The Balaban J connectivity index is 0.000000559. The third kappa shape index (κ3) is 7.56. The zero-order valence-electron chi connectivity index (χ0n) is 20.5. The Hall–Kier alpha value is -3.08. The van der Waals surface area contributed by atoms with Gasteiger partial charge < -0.3 is 10.4 Å². The molecule has 0 bridgehead atoms. The van der Waals surface area contributed by atoms with Crippen molar-refractivity contribution in [1.29, 1.82) is 0 Å². The van der Waals surface area contributed by atoms with Crippen LogP contribution in [-0.2, 0) is 27.9 Å². The number of aromatic nitrogens is 1. The fraction of sp³-hybridized carbons (Fsp3) is 0.304. The van der Waals surface area contributed by atoms with Crippen molar-refractivity contribution in [1.82, 2.24) is 9.88 Å². The number of aliphatic carboxylic acids is 1. The minimum absolute atomic E-state index is 0.00264. The molecule has 4 rings (SSSR count). The third-order valence-electron chi connectivity index (χ3n) is 5.71. The number of thiazole rings is 1. The number of nitrogens with one attached hydrogen (secondary N) is 2. The normalized spacial score (nSPS) is 13.7. The first-order valence-electron chi connectivity index (χ1n) is 11.2. The number of rotatable bonds is 8. The summed E-state index contributed by atoms with van der Waals surface area (Å²) in [4.78, 5) is 13.6.